The highest BCUT2D eigenvalue weighted by molar-refractivity contribution is 5.98. The summed E-state index contributed by atoms with van der Waals surface area (Å²) in [6, 6.07) is 23.1. The molecule has 4 rings (SSSR count). The van der Waals surface area contributed by atoms with Gasteiger partial charge in [0.2, 0.25) is 11.8 Å². The molecule has 0 spiro atoms. The van der Waals surface area contributed by atoms with Crippen LogP contribution in [0.1, 0.15) is 44.7 Å². The number of primary amides is 1. The van der Waals surface area contributed by atoms with Crippen LogP contribution in [0.4, 0.5) is 4.39 Å². The summed E-state index contributed by atoms with van der Waals surface area (Å²) in [7, 11) is 0. The fourth-order valence-electron chi connectivity index (χ4n) is 4.77. The van der Waals surface area contributed by atoms with Crippen LogP contribution in [0.3, 0.4) is 0 Å². The Kier molecular flexibility index (Phi) is 11.4. The van der Waals surface area contributed by atoms with Gasteiger partial charge in [-0.25, -0.2) is 4.39 Å². The van der Waals surface area contributed by atoms with Crippen LogP contribution < -0.4 is 33.2 Å². The van der Waals surface area contributed by atoms with E-state index in [-0.39, 0.29) is 43.4 Å². The molecular formula is C34H36FN7O4. The van der Waals surface area contributed by atoms with E-state index in [9.17, 15) is 23.6 Å². The lowest BCUT2D eigenvalue weighted by Gasteiger charge is -2.22. The van der Waals surface area contributed by atoms with Gasteiger partial charge in [-0.2, -0.15) is 0 Å². The van der Waals surface area contributed by atoms with Crippen LogP contribution in [0.5, 0.6) is 0 Å². The van der Waals surface area contributed by atoms with Crippen molar-refractivity contribution in [1.29, 1.82) is 0 Å². The Morgan fingerprint density at radius 3 is 2.02 bits per heavy atom. The van der Waals surface area contributed by atoms with Gasteiger partial charge in [-0.15, -0.1) is 0 Å². The summed E-state index contributed by atoms with van der Waals surface area (Å²) >= 11 is 0. The molecule has 0 bridgehead atoms. The van der Waals surface area contributed by atoms with Crippen LogP contribution in [-0.4, -0.2) is 48.2 Å². The van der Waals surface area contributed by atoms with Crippen LogP contribution in [0.15, 0.2) is 96.0 Å². The normalized spacial score (nSPS) is 12.0. The number of rotatable bonds is 14. The van der Waals surface area contributed by atoms with E-state index in [2.05, 4.69) is 20.9 Å². The van der Waals surface area contributed by atoms with Gasteiger partial charge in [-0.3, -0.25) is 24.2 Å². The third kappa shape index (κ3) is 9.61. The Labute approximate surface area is 265 Å². The van der Waals surface area contributed by atoms with E-state index in [0.717, 1.165) is 21.9 Å². The molecule has 0 aromatic heterocycles. The van der Waals surface area contributed by atoms with Crippen molar-refractivity contribution in [1.82, 2.24) is 16.0 Å². The molecule has 12 heteroatoms. The second-order valence-electron chi connectivity index (χ2n) is 10.7. The van der Waals surface area contributed by atoms with E-state index < -0.39 is 35.6 Å². The summed E-state index contributed by atoms with van der Waals surface area (Å²) in [6.45, 7) is 0.413. The Balaban J connectivity index is 1.40. The summed E-state index contributed by atoms with van der Waals surface area (Å²) in [5.74, 6) is -2.71. The van der Waals surface area contributed by atoms with Gasteiger partial charge in [0.1, 0.15) is 17.9 Å². The second kappa shape index (κ2) is 15.8. The van der Waals surface area contributed by atoms with Crippen molar-refractivity contribution in [2.24, 2.45) is 22.2 Å². The van der Waals surface area contributed by atoms with Gasteiger partial charge in [0.05, 0.1) is 0 Å². The maximum atomic E-state index is 13.4. The molecule has 0 fully saturated rings. The molecule has 0 saturated carbocycles. The van der Waals surface area contributed by atoms with E-state index in [1.54, 1.807) is 24.3 Å². The summed E-state index contributed by atoms with van der Waals surface area (Å²) in [5.41, 5.74) is 18.6. The van der Waals surface area contributed by atoms with E-state index in [4.69, 9.17) is 17.2 Å². The maximum absolute atomic E-state index is 13.4. The number of hydrogen-bond donors (Lipinski definition) is 6. The predicted octanol–water partition coefficient (Wildman–Crippen LogP) is 2.27. The summed E-state index contributed by atoms with van der Waals surface area (Å²) in [4.78, 5) is 55.2. The zero-order valence-corrected chi connectivity index (χ0v) is 25.0. The molecule has 9 N–H and O–H groups in total. The molecule has 2 atom stereocenters. The van der Waals surface area contributed by atoms with Crippen molar-refractivity contribution >= 4 is 40.4 Å². The third-order valence-corrected chi connectivity index (χ3v) is 7.26. The van der Waals surface area contributed by atoms with Gasteiger partial charge >= 0.3 is 0 Å². The van der Waals surface area contributed by atoms with E-state index in [1.165, 1.54) is 24.3 Å². The van der Waals surface area contributed by atoms with Crippen LogP contribution >= 0.6 is 0 Å². The molecule has 0 radical (unpaired) electrons. The largest absolute Gasteiger partial charge is 0.370 e. The first-order chi connectivity index (χ1) is 22.1. The first-order valence-corrected chi connectivity index (χ1v) is 14.7. The van der Waals surface area contributed by atoms with Crippen molar-refractivity contribution < 1.29 is 23.6 Å². The number of halogens is 1. The first-order valence-electron chi connectivity index (χ1n) is 14.7. The lowest BCUT2D eigenvalue weighted by atomic mass is 10.0. The highest BCUT2D eigenvalue weighted by atomic mass is 19.1. The van der Waals surface area contributed by atoms with Gasteiger partial charge in [0.25, 0.3) is 11.8 Å². The standard InChI is InChI=1S/C34H36FN7O4/c35-27-15-13-24(14-16-27)31(44)40-20-21-7-11-25(12-8-21)32(45)41-28(6-3-17-39-34(37)38)33(46)42-29(30(36)43)19-22-9-10-23-4-1-2-5-26(23)18-22/h1-2,4-5,7-16,18,28-29H,3,6,17,19-20H2,(H2,36,43)(H,40,44)(H,41,45)(H,42,46)(H4,37,38,39)/t28-,29-/m0/s1. The minimum absolute atomic E-state index is 0.0943. The monoisotopic (exact) mass is 625 g/mol. The number of carbonyl (C=O) groups is 4. The average Bonchev–Trinajstić information content (AvgIpc) is 3.04. The molecule has 4 aromatic carbocycles. The van der Waals surface area contributed by atoms with Crippen molar-refractivity contribution in [2.75, 3.05) is 6.54 Å². The molecular weight excluding hydrogens is 589 g/mol. The van der Waals surface area contributed by atoms with E-state index in [1.807, 2.05) is 42.5 Å². The molecule has 4 amide bonds. The zero-order valence-electron chi connectivity index (χ0n) is 25.0. The number of nitrogens with one attached hydrogen (secondary N) is 3. The van der Waals surface area contributed by atoms with Gasteiger partial charge in [-0.05, 0) is 71.1 Å². The average molecular weight is 626 g/mol. The molecule has 4 aromatic rings. The fourth-order valence-corrected chi connectivity index (χ4v) is 4.77. The third-order valence-electron chi connectivity index (χ3n) is 7.26. The first kappa shape index (κ1) is 33.1. The second-order valence-corrected chi connectivity index (χ2v) is 10.7. The van der Waals surface area contributed by atoms with Crippen LogP contribution in [-0.2, 0) is 22.6 Å². The van der Waals surface area contributed by atoms with Crippen molar-refractivity contribution in [3.05, 3.63) is 119 Å². The van der Waals surface area contributed by atoms with Gasteiger partial charge in [0.15, 0.2) is 5.96 Å². The predicted molar refractivity (Wildman–Crippen MR) is 174 cm³/mol. The van der Waals surface area contributed by atoms with Crippen molar-refractivity contribution in [3.63, 3.8) is 0 Å². The van der Waals surface area contributed by atoms with Gasteiger partial charge < -0.3 is 33.2 Å². The smallest absolute Gasteiger partial charge is 0.251 e. The quantitative estimate of drug-likeness (QED) is 0.0706. The number of hydrogen-bond acceptors (Lipinski definition) is 5. The Morgan fingerprint density at radius 1 is 0.717 bits per heavy atom. The van der Waals surface area contributed by atoms with Crippen LogP contribution in [0, 0.1) is 5.82 Å². The molecule has 0 saturated heterocycles. The highest BCUT2D eigenvalue weighted by Gasteiger charge is 2.26. The van der Waals surface area contributed by atoms with E-state index in [0.29, 0.717) is 12.0 Å². The Hall–Kier alpha value is -5.78. The van der Waals surface area contributed by atoms with Gasteiger partial charge in [0, 0.05) is 30.6 Å². The minimum atomic E-state index is -1.02. The molecule has 0 aliphatic carbocycles. The number of fused-ring (bicyclic) bond motifs is 1. The number of nitrogens with zero attached hydrogens (tertiary/aromatic N) is 1. The summed E-state index contributed by atoms with van der Waals surface area (Å²) < 4.78 is 13.1. The molecule has 238 valence electrons. The molecule has 11 nitrogen and oxygen atoms in total. The number of aliphatic imine (C=N–C) groups is 1. The van der Waals surface area contributed by atoms with E-state index >= 15 is 0 Å². The Bertz CT molecular complexity index is 1720. The molecule has 0 unspecified atom stereocenters. The molecule has 0 aliphatic rings. The molecule has 0 heterocycles. The number of guanidine groups is 1. The maximum Gasteiger partial charge on any atom is 0.251 e. The fraction of sp³-hybridized carbons (Fsp3) is 0.206. The lowest BCUT2D eigenvalue weighted by molar-refractivity contribution is -0.128. The van der Waals surface area contributed by atoms with Crippen molar-refractivity contribution in [3.8, 4) is 0 Å². The highest BCUT2D eigenvalue weighted by Crippen LogP contribution is 2.17. The summed E-state index contributed by atoms with van der Waals surface area (Å²) in [5, 5.41) is 10.2. The number of amides is 4. The lowest BCUT2D eigenvalue weighted by Crippen LogP contribution is -2.53. The minimum Gasteiger partial charge on any atom is -0.370 e. The topological polar surface area (TPSA) is 195 Å². The van der Waals surface area contributed by atoms with Gasteiger partial charge in [-0.1, -0.05) is 54.6 Å². The number of benzene rings is 4. The number of carbonyl (C=O) groups excluding carboxylic acids is 4. The summed E-state index contributed by atoms with van der Waals surface area (Å²) in [6.07, 6.45) is 0.720. The zero-order chi connectivity index (χ0) is 33.1. The van der Waals surface area contributed by atoms with Crippen LogP contribution in [0.2, 0.25) is 0 Å². The SMILES string of the molecule is NC(=O)[C@H](Cc1ccc2ccccc2c1)NC(=O)[C@H](CCCN=C(N)N)NC(=O)c1ccc(CNC(=O)c2ccc(F)cc2)cc1. The molecule has 46 heavy (non-hydrogen) atoms. The number of nitrogens with two attached hydrogens (primary N) is 3. The Morgan fingerprint density at radius 2 is 1.35 bits per heavy atom. The van der Waals surface area contributed by atoms with Crippen molar-refractivity contribution in [2.45, 2.75) is 37.9 Å². The molecule has 0 aliphatic heterocycles. The van der Waals surface area contributed by atoms with Crippen LogP contribution in [0.25, 0.3) is 10.8 Å².